The molecule has 202 valence electrons. The van der Waals surface area contributed by atoms with Crippen LogP contribution in [0.3, 0.4) is 0 Å². The number of hydrogen-bond donors (Lipinski definition) is 2. The van der Waals surface area contributed by atoms with Gasteiger partial charge in [0.25, 0.3) is 11.8 Å². The van der Waals surface area contributed by atoms with Crippen LogP contribution in [0.25, 0.3) is 5.82 Å². The number of aromatic nitrogens is 4. The molecule has 4 heterocycles. The van der Waals surface area contributed by atoms with E-state index in [-0.39, 0.29) is 34.7 Å². The fraction of sp³-hybridized carbons (Fsp3) is 0.240. The Balaban J connectivity index is 1.41. The number of anilines is 1. The Bertz CT molecular complexity index is 1540. The van der Waals surface area contributed by atoms with Gasteiger partial charge in [0.05, 0.1) is 27.5 Å². The molecule has 1 fully saturated rings. The van der Waals surface area contributed by atoms with Gasteiger partial charge in [-0.15, -0.1) is 16.4 Å². The lowest BCUT2D eigenvalue weighted by atomic mass is 10.1. The van der Waals surface area contributed by atoms with E-state index in [0.717, 1.165) is 22.1 Å². The van der Waals surface area contributed by atoms with Crippen molar-refractivity contribution in [2.75, 3.05) is 23.4 Å². The lowest BCUT2D eigenvalue weighted by Gasteiger charge is -2.24. The molecule has 0 bridgehead atoms. The van der Waals surface area contributed by atoms with Crippen LogP contribution >= 0.6 is 62.2 Å². The van der Waals surface area contributed by atoms with Crippen LogP contribution in [-0.4, -0.2) is 55.7 Å². The highest BCUT2D eigenvalue weighted by Crippen LogP contribution is 2.32. The lowest BCUT2D eigenvalue weighted by molar-refractivity contribution is 0.0955. The number of carbonyl (C=O) groups excluding carboxylic acids is 2. The van der Waals surface area contributed by atoms with Gasteiger partial charge in [0.2, 0.25) is 5.88 Å². The number of benzene rings is 1. The van der Waals surface area contributed by atoms with Crippen LogP contribution in [0.4, 0.5) is 5.69 Å². The van der Waals surface area contributed by atoms with Gasteiger partial charge in [-0.3, -0.25) is 9.59 Å². The molecule has 1 saturated heterocycles. The average Bonchev–Trinajstić information content (AvgIpc) is 3.49. The molecule has 14 heteroatoms. The third-order valence-corrected chi connectivity index (χ3v) is 8.94. The third kappa shape index (κ3) is 6.41. The zero-order valence-electron chi connectivity index (χ0n) is 20.4. The second-order valence-corrected chi connectivity index (χ2v) is 12.3. The molecule has 0 unspecified atom stereocenters. The van der Waals surface area contributed by atoms with E-state index in [2.05, 4.69) is 41.6 Å². The standard InChI is InChI=1S/C25H21BrCl2N6O3S2/c1-13-19(31-12-39-13)4-6-30-24(35)16-7-14(27)8-17(26)22(16)32-25(36)20-9-21(37-15-10-38-11-15)33-34(20)23-18(28)3-2-5-29-23/h2-3,5,7-9,12,15H,4,6,10-11H2,1H3,(H,30,35)(H,32,36). The minimum atomic E-state index is -0.544. The molecule has 0 spiro atoms. The van der Waals surface area contributed by atoms with Gasteiger partial charge in [0.15, 0.2) is 5.82 Å². The predicted molar refractivity (Wildman–Crippen MR) is 158 cm³/mol. The van der Waals surface area contributed by atoms with E-state index in [1.54, 1.807) is 53.0 Å². The SMILES string of the molecule is Cc1scnc1CCNC(=O)c1cc(Cl)cc(Br)c1NC(=O)c1cc(OC2CSC2)nn1-c1ncccc1Cl. The monoisotopic (exact) mass is 666 g/mol. The van der Waals surface area contributed by atoms with E-state index in [9.17, 15) is 9.59 Å². The number of ether oxygens (including phenoxy) is 1. The van der Waals surface area contributed by atoms with Crippen molar-refractivity contribution in [3.8, 4) is 11.7 Å². The van der Waals surface area contributed by atoms with Gasteiger partial charge in [0.1, 0.15) is 11.8 Å². The largest absolute Gasteiger partial charge is 0.472 e. The molecular weight excluding hydrogens is 647 g/mol. The second-order valence-electron chi connectivity index (χ2n) is 8.49. The zero-order chi connectivity index (χ0) is 27.5. The molecule has 4 aromatic rings. The molecule has 0 saturated carbocycles. The summed E-state index contributed by atoms with van der Waals surface area (Å²) in [6, 6.07) is 7.97. The first-order valence-electron chi connectivity index (χ1n) is 11.7. The molecule has 1 aliphatic heterocycles. The Kier molecular flexibility index (Phi) is 8.77. The molecule has 2 amide bonds. The first kappa shape index (κ1) is 27.9. The highest BCUT2D eigenvalue weighted by atomic mass is 79.9. The number of nitrogens with one attached hydrogen (secondary N) is 2. The zero-order valence-corrected chi connectivity index (χ0v) is 25.1. The number of carbonyl (C=O) groups is 2. The first-order valence-corrected chi connectivity index (χ1v) is 15.3. The minimum absolute atomic E-state index is 0.0160. The summed E-state index contributed by atoms with van der Waals surface area (Å²) in [5.74, 6) is 1.30. The van der Waals surface area contributed by atoms with Gasteiger partial charge < -0.3 is 15.4 Å². The van der Waals surface area contributed by atoms with E-state index in [4.69, 9.17) is 27.9 Å². The molecule has 9 nitrogen and oxygen atoms in total. The molecule has 0 aliphatic carbocycles. The van der Waals surface area contributed by atoms with E-state index >= 15 is 0 Å². The van der Waals surface area contributed by atoms with Crippen molar-refractivity contribution in [1.29, 1.82) is 0 Å². The predicted octanol–water partition coefficient (Wildman–Crippen LogP) is 5.82. The third-order valence-electron chi connectivity index (χ3n) is 5.78. The number of nitrogens with zero attached hydrogens (tertiary/aromatic N) is 4. The number of pyridine rings is 1. The molecule has 39 heavy (non-hydrogen) atoms. The summed E-state index contributed by atoms with van der Waals surface area (Å²) in [7, 11) is 0. The van der Waals surface area contributed by atoms with Crippen molar-refractivity contribution >= 4 is 79.7 Å². The van der Waals surface area contributed by atoms with Crippen LogP contribution in [0.1, 0.15) is 31.4 Å². The number of thiazole rings is 1. The number of amides is 2. The van der Waals surface area contributed by atoms with Crippen LogP contribution in [-0.2, 0) is 6.42 Å². The average molecular weight is 668 g/mol. The maximum absolute atomic E-state index is 13.6. The van der Waals surface area contributed by atoms with Crippen molar-refractivity contribution in [1.82, 2.24) is 25.1 Å². The fourth-order valence-corrected chi connectivity index (χ4v) is 6.05. The first-order chi connectivity index (χ1) is 18.8. The highest BCUT2D eigenvalue weighted by Gasteiger charge is 2.26. The van der Waals surface area contributed by atoms with Crippen LogP contribution < -0.4 is 15.4 Å². The molecule has 2 N–H and O–H groups in total. The number of hydrogen-bond acceptors (Lipinski definition) is 8. The molecule has 3 aromatic heterocycles. The van der Waals surface area contributed by atoms with Crippen LogP contribution in [0.15, 0.2) is 46.5 Å². The minimum Gasteiger partial charge on any atom is -0.472 e. The quantitative estimate of drug-likeness (QED) is 0.231. The molecule has 0 atom stereocenters. The number of aryl methyl sites for hydroxylation is 1. The number of thioether (sulfide) groups is 1. The van der Waals surface area contributed by atoms with Crippen molar-refractivity contribution in [2.24, 2.45) is 0 Å². The Labute approximate surface area is 250 Å². The smallest absolute Gasteiger partial charge is 0.274 e. The van der Waals surface area contributed by atoms with Gasteiger partial charge in [0, 0.05) is 51.1 Å². The summed E-state index contributed by atoms with van der Waals surface area (Å²) in [6.45, 7) is 2.35. The van der Waals surface area contributed by atoms with E-state index in [0.29, 0.717) is 27.5 Å². The van der Waals surface area contributed by atoms with Gasteiger partial charge in [-0.1, -0.05) is 23.2 Å². The van der Waals surface area contributed by atoms with Gasteiger partial charge in [-0.05, 0) is 47.1 Å². The van der Waals surface area contributed by atoms with E-state index in [1.807, 2.05) is 6.92 Å². The molecule has 1 aliphatic rings. The van der Waals surface area contributed by atoms with Crippen LogP contribution in [0.5, 0.6) is 5.88 Å². The number of rotatable bonds is 9. The highest BCUT2D eigenvalue weighted by molar-refractivity contribution is 9.10. The van der Waals surface area contributed by atoms with Gasteiger partial charge in [-0.2, -0.15) is 11.8 Å². The summed E-state index contributed by atoms with van der Waals surface area (Å²) in [4.78, 5) is 36.5. The summed E-state index contributed by atoms with van der Waals surface area (Å²) < 4.78 is 7.69. The topological polar surface area (TPSA) is 111 Å². The summed E-state index contributed by atoms with van der Waals surface area (Å²) in [5.41, 5.74) is 3.29. The van der Waals surface area contributed by atoms with E-state index < -0.39 is 11.8 Å². The Hall–Kier alpha value is -2.64. The van der Waals surface area contributed by atoms with Crippen LogP contribution in [0, 0.1) is 6.92 Å². The molecule has 1 aromatic carbocycles. The Morgan fingerprint density at radius 1 is 1.21 bits per heavy atom. The summed E-state index contributed by atoms with van der Waals surface area (Å²) >= 11 is 19.4. The van der Waals surface area contributed by atoms with Crippen molar-refractivity contribution < 1.29 is 14.3 Å². The summed E-state index contributed by atoms with van der Waals surface area (Å²) in [6.07, 6.45) is 2.15. The van der Waals surface area contributed by atoms with Gasteiger partial charge >= 0.3 is 0 Å². The Morgan fingerprint density at radius 3 is 2.72 bits per heavy atom. The van der Waals surface area contributed by atoms with Gasteiger partial charge in [-0.25, -0.2) is 14.6 Å². The summed E-state index contributed by atoms with van der Waals surface area (Å²) in [5, 5.41) is 10.8. The van der Waals surface area contributed by atoms with Crippen LogP contribution in [0.2, 0.25) is 10.0 Å². The molecule has 0 radical (unpaired) electrons. The maximum atomic E-state index is 13.6. The lowest BCUT2D eigenvalue weighted by Crippen LogP contribution is -2.31. The van der Waals surface area contributed by atoms with E-state index in [1.165, 1.54) is 16.8 Å². The molecule has 5 rings (SSSR count). The normalized spacial score (nSPS) is 13.1. The maximum Gasteiger partial charge on any atom is 0.274 e. The molecular formula is C25H21BrCl2N6O3S2. The van der Waals surface area contributed by atoms with Crippen molar-refractivity contribution in [3.05, 3.63) is 78.4 Å². The fourth-order valence-electron chi connectivity index (χ4n) is 3.74. The second kappa shape index (κ2) is 12.3. The number of halogens is 3. The van der Waals surface area contributed by atoms with Crippen molar-refractivity contribution in [3.63, 3.8) is 0 Å². The Morgan fingerprint density at radius 2 is 2.03 bits per heavy atom. The van der Waals surface area contributed by atoms with Crippen molar-refractivity contribution in [2.45, 2.75) is 19.4 Å².